The number of nitrogens with zero attached hydrogens (tertiary/aromatic N) is 2. The van der Waals surface area contributed by atoms with Gasteiger partial charge in [-0.3, -0.25) is 4.68 Å². The Hall–Kier alpha value is -0.910. The van der Waals surface area contributed by atoms with Crippen LogP contribution in [0.25, 0.3) is 0 Å². The summed E-state index contributed by atoms with van der Waals surface area (Å²) in [5, 5.41) is 7.56. The number of rotatable bonds is 8. The molecule has 1 N–H and O–H groups in total. The topological polar surface area (TPSA) is 48.3 Å². The molecule has 1 unspecified atom stereocenters. The fourth-order valence-electron chi connectivity index (χ4n) is 1.38. The molecular weight excluding hydrogens is 206 g/mol. The van der Waals surface area contributed by atoms with Crippen LogP contribution in [0.1, 0.15) is 12.6 Å². The molecule has 1 atom stereocenters. The summed E-state index contributed by atoms with van der Waals surface area (Å²) in [6, 6.07) is 2.02. The normalized spacial score (nSPS) is 12.9. The first-order chi connectivity index (χ1) is 7.77. The number of hydrogen-bond acceptors (Lipinski definition) is 4. The van der Waals surface area contributed by atoms with Crippen molar-refractivity contribution in [3.8, 4) is 0 Å². The lowest BCUT2D eigenvalue weighted by Gasteiger charge is -2.12. The molecule has 0 aliphatic rings. The summed E-state index contributed by atoms with van der Waals surface area (Å²) >= 11 is 0. The molecule has 0 saturated carbocycles. The highest BCUT2D eigenvalue weighted by atomic mass is 16.5. The van der Waals surface area contributed by atoms with E-state index in [9.17, 15) is 0 Å². The fourth-order valence-corrected chi connectivity index (χ4v) is 1.38. The molecule has 92 valence electrons. The van der Waals surface area contributed by atoms with Crippen molar-refractivity contribution in [1.29, 1.82) is 0 Å². The van der Waals surface area contributed by atoms with Gasteiger partial charge >= 0.3 is 0 Å². The van der Waals surface area contributed by atoms with Gasteiger partial charge in [0.15, 0.2) is 0 Å². The molecule has 0 bridgehead atoms. The lowest BCUT2D eigenvalue weighted by Crippen LogP contribution is -2.23. The maximum atomic E-state index is 5.22. The van der Waals surface area contributed by atoms with Gasteiger partial charge in [0.2, 0.25) is 0 Å². The zero-order valence-corrected chi connectivity index (χ0v) is 10.3. The summed E-state index contributed by atoms with van der Waals surface area (Å²) in [4.78, 5) is 0. The van der Waals surface area contributed by atoms with Crippen LogP contribution in [0, 0.1) is 0 Å². The second-order valence-corrected chi connectivity index (χ2v) is 3.72. The molecule has 0 spiro atoms. The zero-order chi connectivity index (χ0) is 11.8. The summed E-state index contributed by atoms with van der Waals surface area (Å²) in [5.41, 5.74) is 1.17. The van der Waals surface area contributed by atoms with Crippen LogP contribution < -0.4 is 5.32 Å². The van der Waals surface area contributed by atoms with E-state index in [2.05, 4.69) is 10.4 Å². The smallest absolute Gasteiger partial charge is 0.0739 e. The lowest BCUT2D eigenvalue weighted by atomic mass is 10.3. The number of aromatic nitrogens is 2. The maximum Gasteiger partial charge on any atom is 0.0739 e. The molecule has 0 fully saturated rings. The second-order valence-electron chi connectivity index (χ2n) is 3.72. The molecule has 0 aliphatic carbocycles. The van der Waals surface area contributed by atoms with Crippen molar-refractivity contribution >= 4 is 0 Å². The van der Waals surface area contributed by atoms with Crippen LogP contribution in [-0.2, 0) is 22.6 Å². The van der Waals surface area contributed by atoms with Crippen molar-refractivity contribution in [2.75, 3.05) is 27.4 Å². The van der Waals surface area contributed by atoms with Gasteiger partial charge in [0.25, 0.3) is 0 Å². The van der Waals surface area contributed by atoms with Crippen molar-refractivity contribution in [2.45, 2.75) is 26.1 Å². The van der Waals surface area contributed by atoms with Crippen LogP contribution in [0.2, 0.25) is 0 Å². The van der Waals surface area contributed by atoms with Crippen LogP contribution in [0.4, 0.5) is 0 Å². The van der Waals surface area contributed by atoms with Crippen molar-refractivity contribution < 1.29 is 9.47 Å². The standard InChI is InChI=1S/C11H21N3O2/c1-10(16-3)9-14-11(4-5-13-14)8-12-6-7-15-2/h4-5,10,12H,6-9H2,1-3H3. The minimum Gasteiger partial charge on any atom is -0.383 e. The Balaban J connectivity index is 2.38. The molecule has 1 heterocycles. The van der Waals surface area contributed by atoms with E-state index in [0.717, 1.165) is 26.2 Å². The first-order valence-electron chi connectivity index (χ1n) is 5.51. The van der Waals surface area contributed by atoms with E-state index in [0.29, 0.717) is 0 Å². The number of nitrogens with one attached hydrogen (secondary N) is 1. The first-order valence-corrected chi connectivity index (χ1v) is 5.51. The summed E-state index contributed by atoms with van der Waals surface area (Å²) in [5.74, 6) is 0. The third kappa shape index (κ3) is 4.30. The van der Waals surface area contributed by atoms with Gasteiger partial charge in [-0.25, -0.2) is 0 Å². The molecule has 0 aliphatic heterocycles. The third-order valence-corrected chi connectivity index (χ3v) is 2.43. The average Bonchev–Trinajstić information content (AvgIpc) is 2.72. The molecule has 5 heteroatoms. The predicted octanol–water partition coefficient (Wildman–Crippen LogP) is 0.654. The van der Waals surface area contributed by atoms with Gasteiger partial charge in [-0.1, -0.05) is 0 Å². The van der Waals surface area contributed by atoms with E-state index >= 15 is 0 Å². The van der Waals surface area contributed by atoms with Crippen molar-refractivity contribution in [2.24, 2.45) is 0 Å². The molecule has 5 nitrogen and oxygen atoms in total. The van der Waals surface area contributed by atoms with E-state index in [1.165, 1.54) is 5.69 Å². The van der Waals surface area contributed by atoms with E-state index in [-0.39, 0.29) is 6.10 Å². The molecule has 1 aromatic heterocycles. The molecular formula is C11H21N3O2. The Bertz CT molecular complexity index is 289. The second kappa shape index (κ2) is 7.38. The summed E-state index contributed by atoms with van der Waals surface area (Å²) in [6.07, 6.45) is 1.99. The van der Waals surface area contributed by atoms with Crippen molar-refractivity contribution in [3.05, 3.63) is 18.0 Å². The Kier molecular flexibility index (Phi) is 6.07. The Morgan fingerprint density at radius 1 is 1.50 bits per heavy atom. The summed E-state index contributed by atoms with van der Waals surface area (Å²) < 4.78 is 12.2. The van der Waals surface area contributed by atoms with Crippen molar-refractivity contribution in [3.63, 3.8) is 0 Å². The molecule has 0 amide bonds. The third-order valence-electron chi connectivity index (χ3n) is 2.43. The average molecular weight is 227 g/mol. The monoisotopic (exact) mass is 227 g/mol. The quantitative estimate of drug-likeness (QED) is 0.663. The highest BCUT2D eigenvalue weighted by molar-refractivity contribution is 5.00. The lowest BCUT2D eigenvalue weighted by molar-refractivity contribution is 0.0988. The maximum absolute atomic E-state index is 5.22. The highest BCUT2D eigenvalue weighted by Gasteiger charge is 2.06. The van der Waals surface area contributed by atoms with Gasteiger partial charge in [-0.05, 0) is 13.0 Å². The molecule has 1 rings (SSSR count). The molecule has 0 aromatic carbocycles. The Morgan fingerprint density at radius 2 is 2.31 bits per heavy atom. The van der Waals surface area contributed by atoms with Gasteiger partial charge in [0.1, 0.15) is 0 Å². The Labute approximate surface area is 96.7 Å². The van der Waals surface area contributed by atoms with E-state index < -0.39 is 0 Å². The summed E-state index contributed by atoms with van der Waals surface area (Å²) in [6.45, 7) is 5.19. The number of hydrogen-bond donors (Lipinski definition) is 1. The SMILES string of the molecule is COCCNCc1ccnn1CC(C)OC. The fraction of sp³-hybridized carbons (Fsp3) is 0.727. The minimum atomic E-state index is 0.178. The van der Waals surface area contributed by atoms with Crippen LogP contribution in [0.5, 0.6) is 0 Å². The first kappa shape index (κ1) is 13.2. The van der Waals surface area contributed by atoms with Crippen LogP contribution >= 0.6 is 0 Å². The van der Waals surface area contributed by atoms with Gasteiger partial charge in [0.05, 0.1) is 24.9 Å². The minimum absolute atomic E-state index is 0.178. The number of methoxy groups -OCH3 is 2. The van der Waals surface area contributed by atoms with Crippen molar-refractivity contribution in [1.82, 2.24) is 15.1 Å². The molecule has 1 aromatic rings. The molecule has 16 heavy (non-hydrogen) atoms. The number of ether oxygens (including phenoxy) is 2. The largest absolute Gasteiger partial charge is 0.383 e. The van der Waals surface area contributed by atoms with E-state index in [4.69, 9.17) is 9.47 Å². The van der Waals surface area contributed by atoms with Crippen LogP contribution in [0.15, 0.2) is 12.3 Å². The van der Waals surface area contributed by atoms with Gasteiger partial charge in [0, 0.05) is 33.5 Å². The summed E-state index contributed by atoms with van der Waals surface area (Å²) in [7, 11) is 3.41. The van der Waals surface area contributed by atoms with Crippen LogP contribution in [0.3, 0.4) is 0 Å². The van der Waals surface area contributed by atoms with E-state index in [1.54, 1.807) is 14.2 Å². The predicted molar refractivity (Wildman–Crippen MR) is 62.3 cm³/mol. The van der Waals surface area contributed by atoms with Gasteiger partial charge in [-0.2, -0.15) is 5.10 Å². The van der Waals surface area contributed by atoms with Crippen LogP contribution in [-0.4, -0.2) is 43.3 Å². The van der Waals surface area contributed by atoms with Gasteiger partial charge in [-0.15, -0.1) is 0 Å². The Morgan fingerprint density at radius 3 is 3.00 bits per heavy atom. The van der Waals surface area contributed by atoms with Gasteiger partial charge < -0.3 is 14.8 Å². The zero-order valence-electron chi connectivity index (χ0n) is 10.3. The molecule has 0 saturated heterocycles. The van der Waals surface area contributed by atoms with E-state index in [1.807, 2.05) is 23.9 Å². The highest BCUT2D eigenvalue weighted by Crippen LogP contribution is 2.01. The molecule has 0 radical (unpaired) electrons.